The van der Waals surface area contributed by atoms with Crippen LogP contribution in [-0.2, 0) is 11.2 Å². The molecule has 3 N–H and O–H groups in total. The zero-order chi connectivity index (χ0) is 17.1. The first-order valence-corrected chi connectivity index (χ1v) is 7.43. The molecule has 5 nitrogen and oxygen atoms in total. The Morgan fingerprint density at radius 3 is 2.54 bits per heavy atom. The van der Waals surface area contributed by atoms with Gasteiger partial charge in [0, 0.05) is 6.07 Å². The molecule has 5 heteroatoms. The third kappa shape index (κ3) is 3.20. The summed E-state index contributed by atoms with van der Waals surface area (Å²) in [6, 6.07) is 17.9. The van der Waals surface area contributed by atoms with Crippen LogP contribution >= 0.6 is 0 Å². The van der Waals surface area contributed by atoms with E-state index in [4.69, 9.17) is 0 Å². The summed E-state index contributed by atoms with van der Waals surface area (Å²) < 4.78 is 1.26. The minimum Gasteiger partial charge on any atom is -0.504 e. The van der Waals surface area contributed by atoms with Crippen molar-refractivity contribution in [2.75, 3.05) is 0 Å². The van der Waals surface area contributed by atoms with Gasteiger partial charge in [0.25, 0.3) is 5.91 Å². The van der Waals surface area contributed by atoms with Gasteiger partial charge in [-0.15, -0.1) is 5.43 Å². The van der Waals surface area contributed by atoms with E-state index in [1.807, 2.05) is 42.5 Å². The number of fused-ring (bicyclic) bond motifs is 1. The summed E-state index contributed by atoms with van der Waals surface area (Å²) >= 11 is 0. The van der Waals surface area contributed by atoms with Crippen LogP contribution < -0.4 is 5.43 Å². The van der Waals surface area contributed by atoms with Crippen molar-refractivity contribution in [2.24, 2.45) is 0 Å². The molecule has 0 aliphatic heterocycles. The van der Waals surface area contributed by atoms with E-state index in [-0.39, 0.29) is 23.8 Å². The van der Waals surface area contributed by atoms with Crippen LogP contribution in [0.3, 0.4) is 0 Å². The van der Waals surface area contributed by atoms with Gasteiger partial charge in [-0.3, -0.25) is 4.79 Å². The smallest absolute Gasteiger partial charge is 0.279 e. The fourth-order valence-corrected chi connectivity index (χ4v) is 2.55. The second-order valence-corrected chi connectivity index (χ2v) is 5.45. The molecule has 3 aromatic rings. The Morgan fingerprint density at radius 1 is 1.00 bits per heavy atom. The van der Waals surface area contributed by atoms with Crippen LogP contribution in [0.5, 0.6) is 11.5 Å². The molecule has 0 aromatic heterocycles. The summed E-state index contributed by atoms with van der Waals surface area (Å²) in [5, 5.41) is 21.0. The normalized spacial score (nSPS) is 10.5. The Hall–Kier alpha value is -3.34. The number of rotatable bonds is 4. The van der Waals surface area contributed by atoms with Crippen LogP contribution in [-0.4, -0.2) is 27.5 Å². The maximum atomic E-state index is 12.3. The predicted molar refractivity (Wildman–Crippen MR) is 92.6 cm³/mol. The van der Waals surface area contributed by atoms with E-state index >= 15 is 0 Å². The summed E-state index contributed by atoms with van der Waals surface area (Å²) in [4.78, 5) is 12.3. The molecule has 0 aliphatic rings. The van der Waals surface area contributed by atoms with Gasteiger partial charge in [-0.05, 0) is 22.4 Å². The Bertz CT molecular complexity index is 930. The molecule has 0 bridgehead atoms. The van der Waals surface area contributed by atoms with Crippen LogP contribution in [0.4, 0.5) is 5.69 Å². The van der Waals surface area contributed by atoms with Gasteiger partial charge < -0.3 is 10.2 Å². The highest BCUT2D eigenvalue weighted by atomic mass is 16.3. The molecule has 0 aliphatic carbocycles. The van der Waals surface area contributed by atoms with E-state index in [9.17, 15) is 15.0 Å². The molecule has 0 heterocycles. The minimum absolute atomic E-state index is 0.206. The summed E-state index contributed by atoms with van der Waals surface area (Å²) in [6.45, 7) is 3.73. The van der Waals surface area contributed by atoms with Gasteiger partial charge in [0.1, 0.15) is 0 Å². The Balaban J connectivity index is 1.75. The van der Waals surface area contributed by atoms with Gasteiger partial charge >= 0.3 is 0 Å². The summed E-state index contributed by atoms with van der Waals surface area (Å²) in [6.07, 6.45) is 0.206. The van der Waals surface area contributed by atoms with Gasteiger partial charge in [-0.1, -0.05) is 47.1 Å². The predicted octanol–water partition coefficient (Wildman–Crippen LogP) is 2.87. The van der Waals surface area contributed by atoms with E-state index in [1.165, 1.54) is 16.8 Å². The Labute approximate surface area is 139 Å². The molecule has 0 saturated carbocycles. The fraction of sp³-hybridized carbons (Fsp3) is 0.0526. The van der Waals surface area contributed by atoms with Crippen molar-refractivity contribution in [1.29, 1.82) is 0 Å². The van der Waals surface area contributed by atoms with Crippen molar-refractivity contribution < 1.29 is 19.7 Å². The average Bonchev–Trinajstić information content (AvgIpc) is 2.57. The van der Waals surface area contributed by atoms with Crippen molar-refractivity contribution in [1.82, 2.24) is 5.43 Å². The number of benzene rings is 3. The van der Waals surface area contributed by atoms with Crippen LogP contribution in [0.1, 0.15) is 5.56 Å². The number of hydrogen-bond donors (Lipinski definition) is 3. The molecular formula is C19H17N2O3+. The average molecular weight is 321 g/mol. The highest BCUT2D eigenvalue weighted by Gasteiger charge is 2.15. The zero-order valence-electron chi connectivity index (χ0n) is 12.9. The lowest BCUT2D eigenvalue weighted by Gasteiger charge is -2.06. The summed E-state index contributed by atoms with van der Waals surface area (Å²) in [7, 11) is 0. The lowest BCUT2D eigenvalue weighted by molar-refractivity contribution is -0.484. The fourth-order valence-electron chi connectivity index (χ4n) is 2.55. The van der Waals surface area contributed by atoms with Crippen molar-refractivity contribution in [3.05, 3.63) is 66.2 Å². The molecule has 0 unspecified atom stereocenters. The van der Waals surface area contributed by atoms with E-state index in [2.05, 4.69) is 12.1 Å². The molecule has 0 atom stereocenters. The van der Waals surface area contributed by atoms with Crippen LogP contribution in [0, 0.1) is 0 Å². The number of nitrogens with one attached hydrogen (secondary N) is 1. The molecule has 3 rings (SSSR count). The van der Waals surface area contributed by atoms with E-state index in [0.717, 1.165) is 16.3 Å². The quantitative estimate of drug-likeness (QED) is 0.299. The van der Waals surface area contributed by atoms with Gasteiger partial charge in [0.05, 0.1) is 12.5 Å². The zero-order valence-corrected chi connectivity index (χ0v) is 12.9. The number of carbonyl (C=O) groups is 1. The van der Waals surface area contributed by atoms with Crippen LogP contribution in [0.25, 0.3) is 10.8 Å². The highest BCUT2D eigenvalue weighted by Crippen LogP contribution is 2.28. The number of phenols is 2. The van der Waals surface area contributed by atoms with E-state index in [1.54, 1.807) is 6.07 Å². The van der Waals surface area contributed by atoms with Crippen LogP contribution in [0.2, 0.25) is 0 Å². The van der Waals surface area contributed by atoms with Crippen molar-refractivity contribution in [3.63, 3.8) is 0 Å². The van der Waals surface area contributed by atoms with Gasteiger partial charge in [0.15, 0.2) is 18.2 Å². The monoisotopic (exact) mass is 321 g/mol. The van der Waals surface area contributed by atoms with Crippen LogP contribution in [0.15, 0.2) is 60.7 Å². The number of phenolic OH excluding ortho intramolecular Hbond substituents is 2. The number of aromatic hydroxyl groups is 2. The van der Waals surface area contributed by atoms with E-state index in [0.29, 0.717) is 5.69 Å². The molecule has 0 saturated heterocycles. The standard InChI is InChI=1S/C19H16N2O3/c1-21(15-9-10-17(22)18(23)12-15)20-19(24)11-14-7-4-6-13-5-2-3-8-16(13)14/h2-10,12H,1,11H2,(H2-,20,22,23,24)/p+1. The first-order valence-electron chi connectivity index (χ1n) is 7.43. The lowest BCUT2D eigenvalue weighted by atomic mass is 10.0. The maximum Gasteiger partial charge on any atom is 0.279 e. The SMILES string of the molecule is C=[N+](NC(=O)Cc1cccc2ccccc12)c1ccc(O)c(O)c1. The van der Waals surface area contributed by atoms with E-state index < -0.39 is 0 Å². The second-order valence-electron chi connectivity index (χ2n) is 5.45. The first-order chi connectivity index (χ1) is 11.5. The molecule has 0 radical (unpaired) electrons. The van der Waals surface area contributed by atoms with Gasteiger partial charge in [0.2, 0.25) is 5.69 Å². The van der Waals surface area contributed by atoms with Crippen molar-refractivity contribution in [3.8, 4) is 11.5 Å². The van der Waals surface area contributed by atoms with Crippen molar-refractivity contribution >= 4 is 29.1 Å². The Kier molecular flexibility index (Phi) is 4.16. The topological polar surface area (TPSA) is 72.6 Å². The Morgan fingerprint density at radius 2 is 1.75 bits per heavy atom. The molecule has 0 fully saturated rings. The number of carbonyl (C=O) groups excluding carboxylic acids is 1. The molecule has 0 spiro atoms. The summed E-state index contributed by atoms with van der Waals surface area (Å²) in [5.74, 6) is -0.729. The molecule has 120 valence electrons. The third-order valence-electron chi connectivity index (χ3n) is 3.76. The highest BCUT2D eigenvalue weighted by molar-refractivity contribution is 5.90. The van der Waals surface area contributed by atoms with Gasteiger partial charge in [-0.25, -0.2) is 0 Å². The minimum atomic E-state index is -0.274. The number of amides is 1. The number of nitrogens with zero attached hydrogens (tertiary/aromatic N) is 1. The number of hydrazone groups is 1. The number of hydrazine groups is 1. The maximum absolute atomic E-state index is 12.3. The molecular weight excluding hydrogens is 304 g/mol. The first kappa shape index (κ1) is 15.6. The second kappa shape index (κ2) is 6.42. The van der Waals surface area contributed by atoms with Crippen molar-refractivity contribution in [2.45, 2.75) is 6.42 Å². The number of hydrogen-bond acceptors (Lipinski definition) is 3. The summed E-state index contributed by atoms with van der Waals surface area (Å²) in [5.41, 5.74) is 4.03. The third-order valence-corrected chi connectivity index (χ3v) is 3.76. The molecule has 1 amide bonds. The molecule has 24 heavy (non-hydrogen) atoms. The lowest BCUT2D eigenvalue weighted by Crippen LogP contribution is -2.32. The molecule has 3 aromatic carbocycles. The van der Waals surface area contributed by atoms with Gasteiger partial charge in [-0.2, -0.15) is 0 Å². The largest absolute Gasteiger partial charge is 0.504 e.